The molecule has 1 unspecified atom stereocenters. The number of nitrogens with one attached hydrogen (secondary N) is 1. The standard InChI is InChI=1S/C18H29N5O2/c1-4-14(5-2)23-13(3)16(11-20-23)17(24)21-9-6-7-15(12-21)22-10-8-19-18(22)25/h11,14-15H,4-10,12H2,1-3H3,(H,19,25). The molecule has 0 aliphatic carbocycles. The number of carbonyl (C=O) groups is 2. The lowest BCUT2D eigenvalue weighted by Gasteiger charge is -2.37. The minimum Gasteiger partial charge on any atom is -0.336 e. The van der Waals surface area contributed by atoms with Crippen molar-refractivity contribution in [3.63, 3.8) is 0 Å². The van der Waals surface area contributed by atoms with Crippen LogP contribution in [-0.2, 0) is 0 Å². The Labute approximate surface area is 149 Å². The molecule has 1 aromatic heterocycles. The molecule has 2 aliphatic heterocycles. The summed E-state index contributed by atoms with van der Waals surface area (Å²) in [4.78, 5) is 28.7. The maximum absolute atomic E-state index is 13.0. The van der Waals surface area contributed by atoms with Gasteiger partial charge in [0.1, 0.15) is 0 Å². The first kappa shape index (κ1) is 17.8. The quantitative estimate of drug-likeness (QED) is 0.887. The van der Waals surface area contributed by atoms with Crippen molar-refractivity contribution in [2.75, 3.05) is 26.2 Å². The van der Waals surface area contributed by atoms with Gasteiger partial charge in [-0.05, 0) is 32.6 Å². The summed E-state index contributed by atoms with van der Waals surface area (Å²) in [5.74, 6) is 0.0408. The van der Waals surface area contributed by atoms with Crippen LogP contribution in [0.25, 0.3) is 0 Å². The highest BCUT2D eigenvalue weighted by Crippen LogP contribution is 2.23. The molecule has 7 heteroatoms. The molecule has 1 atom stereocenters. The number of carbonyl (C=O) groups excluding carboxylic acids is 2. The molecule has 25 heavy (non-hydrogen) atoms. The lowest BCUT2D eigenvalue weighted by molar-refractivity contribution is 0.0633. The van der Waals surface area contributed by atoms with E-state index in [1.165, 1.54) is 0 Å². The monoisotopic (exact) mass is 347 g/mol. The summed E-state index contributed by atoms with van der Waals surface area (Å²) < 4.78 is 1.99. The minimum atomic E-state index is -0.00275. The highest BCUT2D eigenvalue weighted by atomic mass is 16.2. The third kappa shape index (κ3) is 3.37. The molecule has 2 saturated heterocycles. The summed E-state index contributed by atoms with van der Waals surface area (Å²) in [5.41, 5.74) is 1.64. The van der Waals surface area contributed by atoms with E-state index in [4.69, 9.17) is 0 Å². The molecule has 3 heterocycles. The summed E-state index contributed by atoms with van der Waals surface area (Å²) >= 11 is 0. The van der Waals surface area contributed by atoms with Crippen LogP contribution >= 0.6 is 0 Å². The zero-order chi connectivity index (χ0) is 18.0. The van der Waals surface area contributed by atoms with Crippen molar-refractivity contribution >= 4 is 11.9 Å². The molecule has 138 valence electrons. The first-order valence-electron chi connectivity index (χ1n) is 9.44. The zero-order valence-corrected chi connectivity index (χ0v) is 15.5. The maximum Gasteiger partial charge on any atom is 0.317 e. The van der Waals surface area contributed by atoms with E-state index >= 15 is 0 Å². The molecular formula is C18H29N5O2. The van der Waals surface area contributed by atoms with Gasteiger partial charge in [0.2, 0.25) is 0 Å². The van der Waals surface area contributed by atoms with Gasteiger partial charge in [-0.3, -0.25) is 9.48 Å². The Balaban J connectivity index is 1.73. The molecule has 1 N–H and O–H groups in total. The summed E-state index contributed by atoms with van der Waals surface area (Å²) in [7, 11) is 0. The first-order valence-corrected chi connectivity index (χ1v) is 9.44. The topological polar surface area (TPSA) is 70.5 Å². The largest absolute Gasteiger partial charge is 0.336 e. The molecule has 3 amide bonds. The summed E-state index contributed by atoms with van der Waals surface area (Å²) in [6.07, 6.45) is 5.61. The normalized spacial score (nSPS) is 21.1. The van der Waals surface area contributed by atoms with Crippen LogP contribution < -0.4 is 5.32 Å². The van der Waals surface area contributed by atoms with Gasteiger partial charge in [0.15, 0.2) is 0 Å². The van der Waals surface area contributed by atoms with E-state index in [-0.39, 0.29) is 18.0 Å². The summed E-state index contributed by atoms with van der Waals surface area (Å²) in [6, 6.07) is 0.454. The van der Waals surface area contributed by atoms with Crippen molar-refractivity contribution in [2.24, 2.45) is 0 Å². The van der Waals surface area contributed by atoms with Gasteiger partial charge in [0.05, 0.1) is 23.8 Å². The minimum absolute atomic E-state index is 0.00275. The van der Waals surface area contributed by atoms with Crippen molar-refractivity contribution in [1.82, 2.24) is 24.9 Å². The number of aromatic nitrogens is 2. The van der Waals surface area contributed by atoms with Crippen LogP contribution in [0.1, 0.15) is 61.6 Å². The van der Waals surface area contributed by atoms with E-state index < -0.39 is 0 Å². The smallest absolute Gasteiger partial charge is 0.317 e. The van der Waals surface area contributed by atoms with E-state index in [0.29, 0.717) is 24.7 Å². The van der Waals surface area contributed by atoms with Crippen molar-refractivity contribution in [3.05, 3.63) is 17.5 Å². The van der Waals surface area contributed by atoms with Gasteiger partial charge < -0.3 is 15.1 Å². The number of rotatable bonds is 5. The van der Waals surface area contributed by atoms with Crippen LogP contribution in [0.2, 0.25) is 0 Å². The Hall–Kier alpha value is -2.05. The Bertz CT molecular complexity index is 637. The van der Waals surface area contributed by atoms with E-state index in [1.54, 1.807) is 6.20 Å². The number of hydrogen-bond donors (Lipinski definition) is 1. The molecule has 0 bridgehead atoms. The number of amides is 3. The fourth-order valence-electron chi connectivity index (χ4n) is 4.03. The second-order valence-corrected chi connectivity index (χ2v) is 7.03. The molecule has 7 nitrogen and oxygen atoms in total. The Morgan fingerprint density at radius 1 is 1.36 bits per heavy atom. The molecular weight excluding hydrogens is 318 g/mol. The summed E-state index contributed by atoms with van der Waals surface area (Å²) in [5, 5.41) is 7.33. The molecule has 2 fully saturated rings. The number of piperidine rings is 1. The van der Waals surface area contributed by atoms with Crippen LogP contribution in [0.4, 0.5) is 4.79 Å². The van der Waals surface area contributed by atoms with Gasteiger partial charge in [0, 0.05) is 31.9 Å². The zero-order valence-electron chi connectivity index (χ0n) is 15.5. The Morgan fingerprint density at radius 3 is 2.76 bits per heavy atom. The maximum atomic E-state index is 13.0. The summed E-state index contributed by atoms with van der Waals surface area (Å²) in [6.45, 7) is 9.07. The average Bonchev–Trinajstić information content (AvgIpc) is 3.22. The fourth-order valence-corrected chi connectivity index (χ4v) is 4.03. The number of urea groups is 1. The number of nitrogens with zero attached hydrogens (tertiary/aromatic N) is 4. The SMILES string of the molecule is CCC(CC)n1ncc(C(=O)N2CCCC(N3CCNC3=O)C2)c1C. The lowest BCUT2D eigenvalue weighted by atomic mass is 10.0. The van der Waals surface area contributed by atoms with Gasteiger partial charge >= 0.3 is 6.03 Å². The van der Waals surface area contributed by atoms with Crippen molar-refractivity contribution in [1.29, 1.82) is 0 Å². The third-order valence-electron chi connectivity index (χ3n) is 5.58. The number of hydrogen-bond acceptors (Lipinski definition) is 3. The van der Waals surface area contributed by atoms with Gasteiger partial charge in [0.25, 0.3) is 5.91 Å². The van der Waals surface area contributed by atoms with Crippen LogP contribution in [0.15, 0.2) is 6.20 Å². The van der Waals surface area contributed by atoms with Crippen molar-refractivity contribution in [2.45, 2.75) is 58.5 Å². The predicted molar refractivity (Wildman–Crippen MR) is 95.6 cm³/mol. The van der Waals surface area contributed by atoms with Crippen LogP contribution in [0.5, 0.6) is 0 Å². The second kappa shape index (κ2) is 7.45. The van der Waals surface area contributed by atoms with Crippen molar-refractivity contribution < 1.29 is 9.59 Å². The Morgan fingerprint density at radius 2 is 2.12 bits per heavy atom. The molecule has 2 aliphatic rings. The van der Waals surface area contributed by atoms with E-state index in [2.05, 4.69) is 24.3 Å². The second-order valence-electron chi connectivity index (χ2n) is 7.03. The van der Waals surface area contributed by atoms with E-state index in [0.717, 1.165) is 44.5 Å². The van der Waals surface area contributed by atoms with Gasteiger partial charge in [-0.1, -0.05) is 13.8 Å². The van der Waals surface area contributed by atoms with E-state index in [1.807, 2.05) is 21.4 Å². The van der Waals surface area contributed by atoms with Crippen LogP contribution in [0.3, 0.4) is 0 Å². The number of likely N-dealkylation sites (tertiary alicyclic amines) is 1. The molecule has 0 radical (unpaired) electrons. The lowest BCUT2D eigenvalue weighted by Crippen LogP contribution is -2.50. The molecule has 3 rings (SSSR count). The Kier molecular flexibility index (Phi) is 5.30. The highest BCUT2D eigenvalue weighted by Gasteiger charge is 2.33. The van der Waals surface area contributed by atoms with Gasteiger partial charge in [-0.15, -0.1) is 0 Å². The fraction of sp³-hybridized carbons (Fsp3) is 0.722. The van der Waals surface area contributed by atoms with Crippen LogP contribution in [0, 0.1) is 6.92 Å². The van der Waals surface area contributed by atoms with Crippen LogP contribution in [-0.4, -0.2) is 63.7 Å². The molecule has 0 aromatic carbocycles. The molecule has 0 saturated carbocycles. The van der Waals surface area contributed by atoms with Gasteiger partial charge in [-0.2, -0.15) is 5.10 Å². The van der Waals surface area contributed by atoms with Crippen molar-refractivity contribution in [3.8, 4) is 0 Å². The van der Waals surface area contributed by atoms with Gasteiger partial charge in [-0.25, -0.2) is 4.79 Å². The first-order chi connectivity index (χ1) is 12.1. The molecule has 1 aromatic rings. The molecule has 0 spiro atoms. The average molecular weight is 347 g/mol. The predicted octanol–water partition coefficient (Wildman–Crippen LogP) is 2.18. The third-order valence-corrected chi connectivity index (χ3v) is 5.58. The highest BCUT2D eigenvalue weighted by molar-refractivity contribution is 5.95. The van der Waals surface area contributed by atoms with E-state index in [9.17, 15) is 9.59 Å².